The second-order valence-corrected chi connectivity index (χ2v) is 7.41. The van der Waals surface area contributed by atoms with Crippen LogP contribution in [-0.4, -0.2) is 26.7 Å². The summed E-state index contributed by atoms with van der Waals surface area (Å²) in [6.07, 6.45) is 13.5. The Hall–Kier alpha value is -3.03. The van der Waals surface area contributed by atoms with Crippen molar-refractivity contribution in [3.8, 4) is 5.75 Å². The van der Waals surface area contributed by atoms with E-state index in [0.717, 1.165) is 33.8 Å². The second-order valence-electron chi connectivity index (χ2n) is 6.56. The Labute approximate surface area is 177 Å². The van der Waals surface area contributed by atoms with Gasteiger partial charge in [0.15, 0.2) is 0 Å². The highest BCUT2D eigenvalue weighted by molar-refractivity contribution is 9.10. The van der Waals surface area contributed by atoms with Crippen LogP contribution < -0.4 is 5.73 Å². The molecule has 1 heterocycles. The lowest BCUT2D eigenvalue weighted by atomic mass is 9.70. The molecule has 0 saturated carbocycles. The molecule has 0 amide bonds. The number of hydrogen-bond donors (Lipinski definition) is 4. The zero-order chi connectivity index (χ0) is 20.7. The highest BCUT2D eigenvalue weighted by Crippen LogP contribution is 2.44. The number of phenolic OH excluding ortho intramolecular Hbond substituents is 1. The normalized spacial score (nSPS) is 17.4. The van der Waals surface area contributed by atoms with Crippen LogP contribution >= 0.6 is 15.9 Å². The maximum Gasteiger partial charge on any atom is 0.124 e. The largest absolute Gasteiger partial charge is 0.507 e. The van der Waals surface area contributed by atoms with Crippen molar-refractivity contribution in [3.63, 3.8) is 0 Å². The number of aromatic hydroxyl groups is 1. The summed E-state index contributed by atoms with van der Waals surface area (Å²) in [6, 6.07) is 11.8. The molecule has 4 rings (SSSR count). The molecule has 7 heteroatoms. The molecule has 0 aliphatic heterocycles. The highest BCUT2D eigenvalue weighted by Gasteiger charge is 2.34. The standard InChI is InChI=1S/C20H19BrN2O.C2H3N3/c21-18-10-15(13-23)19(24)11-17(18)20(8-2-1-3-9-20)16-6-4-14(12-22)5-7-16;1-2-4-5-3-1/h1-8,10-11,13,23-24H,9,12,22H2;1-2H,(H,3,4,5). The van der Waals surface area contributed by atoms with E-state index in [1.54, 1.807) is 24.5 Å². The molecular weight excluding hydrogens is 430 g/mol. The van der Waals surface area contributed by atoms with Crippen LogP contribution in [0.3, 0.4) is 0 Å². The smallest absolute Gasteiger partial charge is 0.124 e. The molecule has 1 aromatic heterocycles. The van der Waals surface area contributed by atoms with Gasteiger partial charge in [0.2, 0.25) is 0 Å². The zero-order valence-corrected chi connectivity index (χ0v) is 17.3. The maximum atomic E-state index is 10.3. The first-order valence-electron chi connectivity index (χ1n) is 9.08. The van der Waals surface area contributed by atoms with Gasteiger partial charge in [0.25, 0.3) is 0 Å². The second kappa shape index (κ2) is 9.45. The van der Waals surface area contributed by atoms with E-state index in [1.807, 2.05) is 24.3 Å². The van der Waals surface area contributed by atoms with Gasteiger partial charge in [-0.05, 0) is 35.2 Å². The monoisotopic (exact) mass is 451 g/mol. The van der Waals surface area contributed by atoms with E-state index in [0.29, 0.717) is 12.1 Å². The fourth-order valence-electron chi connectivity index (χ4n) is 3.33. The van der Waals surface area contributed by atoms with Gasteiger partial charge in [0.1, 0.15) is 5.75 Å². The highest BCUT2D eigenvalue weighted by atomic mass is 79.9. The van der Waals surface area contributed by atoms with Crippen molar-refractivity contribution < 1.29 is 5.11 Å². The van der Waals surface area contributed by atoms with Crippen LogP contribution in [0.1, 0.15) is 28.7 Å². The van der Waals surface area contributed by atoms with Gasteiger partial charge in [0.05, 0.1) is 12.4 Å². The molecule has 148 valence electrons. The number of nitrogens with zero attached hydrogens (tertiary/aromatic N) is 2. The Morgan fingerprint density at radius 2 is 1.90 bits per heavy atom. The lowest BCUT2D eigenvalue weighted by Crippen LogP contribution is -2.26. The minimum atomic E-state index is -0.362. The predicted molar refractivity (Wildman–Crippen MR) is 118 cm³/mol. The molecule has 1 unspecified atom stereocenters. The van der Waals surface area contributed by atoms with E-state index in [2.05, 4.69) is 55.6 Å². The van der Waals surface area contributed by atoms with Crippen LogP contribution in [0.5, 0.6) is 5.75 Å². The fraction of sp³-hybridized carbons (Fsp3) is 0.136. The van der Waals surface area contributed by atoms with Crippen LogP contribution in [0, 0.1) is 5.41 Å². The first-order valence-corrected chi connectivity index (χ1v) is 9.87. The molecule has 3 aromatic rings. The number of phenols is 1. The van der Waals surface area contributed by atoms with Crippen LogP contribution in [0.2, 0.25) is 0 Å². The number of halogens is 1. The summed E-state index contributed by atoms with van der Waals surface area (Å²) in [5, 5.41) is 27.0. The number of nitrogens with one attached hydrogen (secondary N) is 2. The van der Waals surface area contributed by atoms with Gasteiger partial charge in [-0.25, -0.2) is 0 Å². The maximum absolute atomic E-state index is 10.3. The molecule has 29 heavy (non-hydrogen) atoms. The molecule has 0 fully saturated rings. The Morgan fingerprint density at radius 3 is 2.41 bits per heavy atom. The van der Waals surface area contributed by atoms with Gasteiger partial charge in [-0.15, -0.1) is 0 Å². The van der Waals surface area contributed by atoms with Crippen LogP contribution in [0.25, 0.3) is 0 Å². The molecule has 1 aliphatic carbocycles. The Balaban J connectivity index is 0.000000419. The summed E-state index contributed by atoms with van der Waals surface area (Å²) in [4.78, 5) is 0. The number of hydrogen-bond acceptors (Lipinski definition) is 5. The van der Waals surface area contributed by atoms with E-state index in [9.17, 15) is 5.11 Å². The summed E-state index contributed by atoms with van der Waals surface area (Å²) in [6.45, 7) is 0.515. The van der Waals surface area contributed by atoms with E-state index in [1.165, 1.54) is 0 Å². The van der Waals surface area contributed by atoms with Gasteiger partial charge in [-0.3, -0.25) is 0 Å². The summed E-state index contributed by atoms with van der Waals surface area (Å²) in [7, 11) is 0. The average molecular weight is 452 g/mol. The molecule has 0 radical (unpaired) electrons. The number of allylic oxidation sites excluding steroid dienone is 4. The lowest BCUT2D eigenvalue weighted by molar-refractivity contribution is 0.471. The summed E-state index contributed by atoms with van der Waals surface area (Å²) in [5.41, 5.74) is 9.05. The fourth-order valence-corrected chi connectivity index (χ4v) is 4.04. The van der Waals surface area contributed by atoms with Crippen LogP contribution in [0.15, 0.2) is 77.6 Å². The Morgan fingerprint density at radius 1 is 1.17 bits per heavy atom. The van der Waals surface area contributed by atoms with Crippen molar-refractivity contribution in [2.75, 3.05) is 0 Å². The first-order chi connectivity index (χ1) is 14.1. The van der Waals surface area contributed by atoms with Crippen LogP contribution in [-0.2, 0) is 12.0 Å². The van der Waals surface area contributed by atoms with Gasteiger partial charge in [-0.2, -0.15) is 15.4 Å². The average Bonchev–Trinajstić information content (AvgIpc) is 3.36. The van der Waals surface area contributed by atoms with Gasteiger partial charge in [-0.1, -0.05) is 64.5 Å². The number of rotatable bonds is 4. The van der Waals surface area contributed by atoms with Crippen LogP contribution in [0.4, 0.5) is 0 Å². The van der Waals surface area contributed by atoms with Crippen molar-refractivity contribution in [1.82, 2.24) is 15.4 Å². The molecule has 6 nitrogen and oxygen atoms in total. The topological polar surface area (TPSA) is 112 Å². The molecule has 1 aliphatic rings. The molecule has 2 aromatic carbocycles. The van der Waals surface area contributed by atoms with Gasteiger partial charge >= 0.3 is 0 Å². The Kier molecular flexibility index (Phi) is 6.74. The van der Waals surface area contributed by atoms with E-state index < -0.39 is 0 Å². The van der Waals surface area contributed by atoms with E-state index in [-0.39, 0.29) is 11.2 Å². The third-order valence-corrected chi connectivity index (χ3v) is 5.51. The molecule has 0 saturated heterocycles. The third kappa shape index (κ3) is 4.52. The molecule has 5 N–H and O–H groups in total. The molecule has 0 spiro atoms. The first kappa shape index (κ1) is 20.7. The van der Waals surface area contributed by atoms with Crippen molar-refractivity contribution in [3.05, 3.63) is 99.8 Å². The minimum Gasteiger partial charge on any atom is -0.507 e. The van der Waals surface area contributed by atoms with Crippen molar-refractivity contribution in [2.24, 2.45) is 5.73 Å². The van der Waals surface area contributed by atoms with Crippen molar-refractivity contribution in [2.45, 2.75) is 18.4 Å². The predicted octanol–water partition coefficient (Wildman–Crippen LogP) is 4.22. The van der Waals surface area contributed by atoms with Gasteiger partial charge in [0, 0.05) is 28.2 Å². The number of aromatic amines is 1. The van der Waals surface area contributed by atoms with E-state index in [4.69, 9.17) is 11.1 Å². The molecule has 1 atom stereocenters. The number of nitrogens with two attached hydrogens (primary N) is 1. The number of H-pyrrole nitrogens is 1. The number of aromatic nitrogens is 3. The summed E-state index contributed by atoms with van der Waals surface area (Å²) < 4.78 is 0.877. The van der Waals surface area contributed by atoms with E-state index >= 15 is 0 Å². The van der Waals surface area contributed by atoms with Crippen molar-refractivity contribution >= 4 is 22.1 Å². The third-order valence-electron chi connectivity index (χ3n) is 4.86. The SMILES string of the molecule is N=Cc1cc(Br)c(C2(c3ccc(CN)cc3)C=CC=CC2)cc1O.c1cn[nH]n1. The molecular formula is C22H22BrN5O. The van der Waals surface area contributed by atoms with Crippen molar-refractivity contribution in [1.29, 1.82) is 5.41 Å². The summed E-state index contributed by atoms with van der Waals surface area (Å²) in [5.74, 6) is 0.115. The minimum absolute atomic E-state index is 0.115. The molecule has 0 bridgehead atoms. The number of benzene rings is 2. The zero-order valence-electron chi connectivity index (χ0n) is 15.7. The summed E-state index contributed by atoms with van der Waals surface area (Å²) >= 11 is 3.63. The van der Waals surface area contributed by atoms with Gasteiger partial charge < -0.3 is 16.2 Å². The quantitative estimate of drug-likeness (QED) is 0.444. The Bertz CT molecular complexity index is 995. The lowest BCUT2D eigenvalue weighted by Gasteiger charge is -2.34.